The van der Waals surface area contributed by atoms with Crippen LogP contribution in [0, 0.1) is 5.92 Å². The van der Waals surface area contributed by atoms with Crippen molar-refractivity contribution in [3.8, 4) is 0 Å². The largest absolute Gasteiger partial charge is 0.382 e. The van der Waals surface area contributed by atoms with E-state index in [1.54, 1.807) is 0 Å². The quantitative estimate of drug-likeness (QED) is 0.862. The number of hydrogen-bond donors (Lipinski definition) is 2. The van der Waals surface area contributed by atoms with E-state index in [1.165, 1.54) is 26.9 Å². The molecule has 108 valence electrons. The van der Waals surface area contributed by atoms with Gasteiger partial charge in [0, 0.05) is 19.6 Å². The smallest absolute Gasteiger partial charge is 0.249 e. The number of nitrogen functional groups attached to an aromatic ring is 1. The second kappa shape index (κ2) is 4.60. The maximum atomic E-state index is 12.3. The lowest BCUT2D eigenvalue weighted by Crippen LogP contribution is -2.34. The Kier molecular flexibility index (Phi) is 3.53. The summed E-state index contributed by atoms with van der Waals surface area (Å²) in [6, 6.07) is 0. The van der Waals surface area contributed by atoms with Crippen molar-refractivity contribution in [2.45, 2.75) is 37.1 Å². The fraction of sp³-hybridized carbons (Fsp3) is 0.727. The molecule has 0 atom stereocenters. The van der Waals surface area contributed by atoms with E-state index in [0.29, 0.717) is 10.9 Å². The predicted molar refractivity (Wildman–Crippen MR) is 77.8 cm³/mol. The van der Waals surface area contributed by atoms with E-state index >= 15 is 0 Å². The highest BCUT2D eigenvalue weighted by molar-refractivity contribution is 7.89. The predicted octanol–water partition coefficient (Wildman–Crippen LogP) is 1.58. The van der Waals surface area contributed by atoms with Gasteiger partial charge in [-0.3, -0.25) is 0 Å². The second-order valence-electron chi connectivity index (χ2n) is 5.63. The van der Waals surface area contributed by atoms with Gasteiger partial charge in [-0.25, -0.2) is 12.7 Å². The molecule has 1 aromatic heterocycles. The van der Waals surface area contributed by atoms with Crippen LogP contribution in [0.2, 0.25) is 0 Å². The first-order valence-electron chi connectivity index (χ1n) is 6.12. The van der Waals surface area contributed by atoms with Gasteiger partial charge in [0.1, 0.15) is 5.00 Å². The van der Waals surface area contributed by atoms with Gasteiger partial charge in [0.05, 0.1) is 0 Å². The van der Waals surface area contributed by atoms with E-state index in [-0.39, 0.29) is 16.3 Å². The van der Waals surface area contributed by atoms with Crippen LogP contribution in [0.5, 0.6) is 0 Å². The van der Waals surface area contributed by atoms with E-state index in [0.717, 1.165) is 15.8 Å². The standard InChI is InChI=1S/C11H20N4O2S2/c1-11(2,7-5-6-7)13-10-8(9(12)14-18-10)19(16,17)15(3)4/h7,13H,5-6H2,1-4H3,(H2,12,14). The molecule has 0 aliphatic heterocycles. The Morgan fingerprint density at radius 3 is 2.47 bits per heavy atom. The fourth-order valence-electron chi connectivity index (χ4n) is 2.01. The third-order valence-corrected chi connectivity index (χ3v) is 6.24. The molecule has 1 fully saturated rings. The summed E-state index contributed by atoms with van der Waals surface area (Å²) < 4.78 is 29.7. The zero-order valence-electron chi connectivity index (χ0n) is 11.6. The molecule has 1 aliphatic carbocycles. The van der Waals surface area contributed by atoms with Crippen LogP contribution in [0.25, 0.3) is 0 Å². The Balaban J connectivity index is 2.38. The van der Waals surface area contributed by atoms with Gasteiger partial charge in [0.25, 0.3) is 0 Å². The fourth-order valence-corrected chi connectivity index (χ4v) is 4.23. The van der Waals surface area contributed by atoms with Gasteiger partial charge >= 0.3 is 0 Å². The number of aromatic nitrogens is 1. The van der Waals surface area contributed by atoms with Gasteiger partial charge < -0.3 is 11.1 Å². The first kappa shape index (κ1) is 14.5. The Hall–Kier alpha value is -0.860. The van der Waals surface area contributed by atoms with E-state index in [1.807, 2.05) is 0 Å². The van der Waals surface area contributed by atoms with Gasteiger partial charge in [-0.1, -0.05) is 0 Å². The van der Waals surface area contributed by atoms with Crippen LogP contribution in [0.4, 0.5) is 10.8 Å². The molecule has 19 heavy (non-hydrogen) atoms. The highest BCUT2D eigenvalue weighted by Gasteiger charge is 2.39. The van der Waals surface area contributed by atoms with Crippen molar-refractivity contribution >= 4 is 32.4 Å². The highest BCUT2D eigenvalue weighted by atomic mass is 32.2. The molecule has 0 aromatic carbocycles. The molecule has 0 amide bonds. The van der Waals surface area contributed by atoms with Crippen molar-refractivity contribution < 1.29 is 8.42 Å². The number of rotatable bonds is 5. The topological polar surface area (TPSA) is 88.3 Å². The number of nitrogens with one attached hydrogen (secondary N) is 1. The maximum Gasteiger partial charge on any atom is 0.249 e. The molecule has 2 rings (SSSR count). The molecule has 0 saturated heterocycles. The summed E-state index contributed by atoms with van der Waals surface area (Å²) in [6.45, 7) is 4.15. The minimum absolute atomic E-state index is 0.0628. The van der Waals surface area contributed by atoms with Crippen LogP contribution in [0.1, 0.15) is 26.7 Å². The zero-order chi connectivity index (χ0) is 14.4. The summed E-state index contributed by atoms with van der Waals surface area (Å²) >= 11 is 1.10. The van der Waals surface area contributed by atoms with E-state index in [2.05, 4.69) is 23.5 Å². The molecule has 0 spiro atoms. The van der Waals surface area contributed by atoms with Crippen molar-refractivity contribution in [2.24, 2.45) is 5.92 Å². The van der Waals surface area contributed by atoms with Gasteiger partial charge in [-0.2, -0.15) is 4.37 Å². The average molecular weight is 304 g/mol. The molecule has 8 heteroatoms. The summed E-state index contributed by atoms with van der Waals surface area (Å²) in [7, 11) is -0.602. The van der Waals surface area contributed by atoms with Crippen molar-refractivity contribution in [3.63, 3.8) is 0 Å². The normalized spacial score (nSPS) is 16.9. The summed E-state index contributed by atoms with van der Waals surface area (Å²) in [5, 5.41) is 3.83. The number of nitrogens with two attached hydrogens (primary N) is 1. The second-order valence-corrected chi connectivity index (χ2v) is 8.50. The molecule has 6 nitrogen and oxygen atoms in total. The molecule has 0 unspecified atom stereocenters. The molecule has 1 aromatic rings. The lowest BCUT2D eigenvalue weighted by atomic mass is 9.99. The Bertz CT molecular complexity index is 574. The molecular formula is C11H20N4O2S2. The molecule has 1 saturated carbocycles. The third-order valence-electron chi connectivity index (χ3n) is 3.45. The minimum Gasteiger partial charge on any atom is -0.382 e. The van der Waals surface area contributed by atoms with E-state index in [9.17, 15) is 8.42 Å². The van der Waals surface area contributed by atoms with Crippen LogP contribution >= 0.6 is 11.5 Å². The molecule has 0 bridgehead atoms. The van der Waals surface area contributed by atoms with Crippen LogP contribution in [0.15, 0.2) is 4.90 Å². The molecule has 0 radical (unpaired) electrons. The van der Waals surface area contributed by atoms with Crippen LogP contribution in [0.3, 0.4) is 0 Å². The minimum atomic E-state index is -3.58. The summed E-state index contributed by atoms with van der Waals surface area (Å²) in [5.74, 6) is 0.638. The van der Waals surface area contributed by atoms with E-state index in [4.69, 9.17) is 5.73 Å². The third kappa shape index (κ3) is 2.70. The summed E-state index contributed by atoms with van der Waals surface area (Å²) in [6.07, 6.45) is 2.34. The van der Waals surface area contributed by atoms with Crippen LogP contribution in [-0.4, -0.2) is 36.7 Å². The zero-order valence-corrected chi connectivity index (χ0v) is 13.2. The molecule has 1 heterocycles. The van der Waals surface area contributed by atoms with Crippen molar-refractivity contribution in [3.05, 3.63) is 0 Å². The van der Waals surface area contributed by atoms with Gasteiger partial charge in [0.15, 0.2) is 10.7 Å². The Labute approximate surface area is 118 Å². The monoisotopic (exact) mass is 304 g/mol. The van der Waals surface area contributed by atoms with Crippen LogP contribution in [-0.2, 0) is 10.0 Å². The molecule has 3 N–H and O–H groups in total. The van der Waals surface area contributed by atoms with Crippen molar-refractivity contribution in [1.82, 2.24) is 8.68 Å². The molecular weight excluding hydrogens is 284 g/mol. The van der Waals surface area contributed by atoms with Crippen molar-refractivity contribution in [1.29, 1.82) is 0 Å². The first-order chi connectivity index (χ1) is 8.66. The summed E-state index contributed by atoms with van der Waals surface area (Å²) in [5.41, 5.74) is 5.59. The van der Waals surface area contributed by atoms with Gasteiger partial charge in [-0.05, 0) is 44.1 Å². The lowest BCUT2D eigenvalue weighted by molar-refractivity contribution is 0.493. The van der Waals surface area contributed by atoms with Gasteiger partial charge in [0.2, 0.25) is 10.0 Å². The highest BCUT2D eigenvalue weighted by Crippen LogP contribution is 2.43. The van der Waals surface area contributed by atoms with E-state index < -0.39 is 10.0 Å². The maximum absolute atomic E-state index is 12.3. The average Bonchev–Trinajstić information content (AvgIpc) is 3.05. The molecule has 1 aliphatic rings. The lowest BCUT2D eigenvalue weighted by Gasteiger charge is -2.27. The van der Waals surface area contributed by atoms with Crippen molar-refractivity contribution in [2.75, 3.05) is 25.1 Å². The Morgan fingerprint density at radius 2 is 2.00 bits per heavy atom. The van der Waals surface area contributed by atoms with Gasteiger partial charge in [-0.15, -0.1) is 0 Å². The number of nitrogens with zero attached hydrogens (tertiary/aromatic N) is 2. The Morgan fingerprint density at radius 1 is 1.42 bits per heavy atom. The van der Waals surface area contributed by atoms with Crippen LogP contribution < -0.4 is 11.1 Å². The SMILES string of the molecule is CN(C)S(=O)(=O)c1c(N)nsc1NC(C)(C)C1CC1. The number of hydrogen-bond acceptors (Lipinski definition) is 6. The summed E-state index contributed by atoms with van der Waals surface area (Å²) in [4.78, 5) is 0.0937. The first-order valence-corrected chi connectivity index (χ1v) is 8.33. The number of sulfonamides is 1. The number of anilines is 2.